The van der Waals surface area contributed by atoms with Gasteiger partial charge >= 0.3 is 0 Å². The predicted octanol–water partition coefficient (Wildman–Crippen LogP) is 2.38. The van der Waals surface area contributed by atoms with Gasteiger partial charge in [0.25, 0.3) is 5.91 Å². The van der Waals surface area contributed by atoms with Crippen LogP contribution in [-0.2, 0) is 11.3 Å². The molecule has 1 fully saturated rings. The fraction of sp³-hybridized carbons (Fsp3) is 0.474. The monoisotopic (exact) mass is 343 g/mol. The van der Waals surface area contributed by atoms with Crippen molar-refractivity contribution in [3.05, 3.63) is 29.5 Å². The zero-order valence-corrected chi connectivity index (χ0v) is 15.0. The molecular formula is C19H25N3O3. The van der Waals surface area contributed by atoms with Crippen LogP contribution in [0.2, 0.25) is 0 Å². The van der Waals surface area contributed by atoms with Crippen LogP contribution in [0.3, 0.4) is 0 Å². The molecule has 2 aromatic rings. The molecule has 1 unspecified atom stereocenters. The summed E-state index contributed by atoms with van der Waals surface area (Å²) in [6, 6.07) is 5.32. The number of nitrogens with zero attached hydrogens (tertiary/aromatic N) is 1. The maximum atomic E-state index is 13.0. The first-order valence-corrected chi connectivity index (χ1v) is 8.82. The number of fused-ring (bicyclic) bond motifs is 1. The summed E-state index contributed by atoms with van der Waals surface area (Å²) in [4.78, 5) is 24.9. The average molecular weight is 343 g/mol. The number of ether oxygens (including phenoxy) is 1. The van der Waals surface area contributed by atoms with E-state index in [-0.39, 0.29) is 11.8 Å². The summed E-state index contributed by atoms with van der Waals surface area (Å²) in [5.74, 6) is 0.408. The molecule has 1 aromatic heterocycles. The predicted molar refractivity (Wildman–Crippen MR) is 97.0 cm³/mol. The highest BCUT2D eigenvalue weighted by molar-refractivity contribution is 6.09. The zero-order valence-electron chi connectivity index (χ0n) is 15.0. The van der Waals surface area contributed by atoms with E-state index in [4.69, 9.17) is 4.74 Å². The van der Waals surface area contributed by atoms with E-state index in [0.29, 0.717) is 24.3 Å². The number of carbonyl (C=O) groups excluding carboxylic acids is 2. The minimum atomic E-state index is -0.462. The van der Waals surface area contributed by atoms with Gasteiger partial charge in [0.15, 0.2) is 0 Å². The Morgan fingerprint density at radius 3 is 2.92 bits per heavy atom. The molecule has 0 saturated carbocycles. The first-order valence-electron chi connectivity index (χ1n) is 8.82. The van der Waals surface area contributed by atoms with Crippen molar-refractivity contribution in [3.8, 4) is 5.75 Å². The van der Waals surface area contributed by atoms with Crippen molar-refractivity contribution in [1.82, 2.24) is 15.2 Å². The number of piperidine rings is 1. The Labute approximate surface area is 147 Å². The highest BCUT2D eigenvalue weighted by Crippen LogP contribution is 2.30. The molecule has 1 atom stereocenters. The number of benzene rings is 1. The Morgan fingerprint density at radius 1 is 1.44 bits per heavy atom. The first kappa shape index (κ1) is 17.3. The van der Waals surface area contributed by atoms with Crippen LogP contribution in [0.5, 0.6) is 5.75 Å². The number of nitrogens with one attached hydrogen (secondary N) is 2. The van der Waals surface area contributed by atoms with Gasteiger partial charge in [-0.15, -0.1) is 0 Å². The molecule has 6 heteroatoms. The lowest BCUT2D eigenvalue weighted by Gasteiger charge is -2.22. The molecule has 1 aromatic carbocycles. The lowest BCUT2D eigenvalue weighted by atomic mass is 10.0. The third kappa shape index (κ3) is 3.21. The van der Waals surface area contributed by atoms with Gasteiger partial charge in [-0.2, -0.15) is 0 Å². The Hall–Kier alpha value is -2.50. The Balaban J connectivity index is 2.02. The van der Waals surface area contributed by atoms with E-state index < -0.39 is 6.04 Å². The third-order valence-corrected chi connectivity index (χ3v) is 4.80. The summed E-state index contributed by atoms with van der Waals surface area (Å²) >= 11 is 0. The van der Waals surface area contributed by atoms with Crippen LogP contribution in [0.4, 0.5) is 0 Å². The molecule has 6 nitrogen and oxygen atoms in total. The van der Waals surface area contributed by atoms with Crippen molar-refractivity contribution in [2.75, 3.05) is 13.7 Å². The maximum absolute atomic E-state index is 13.0. The number of aromatic nitrogens is 1. The Morgan fingerprint density at radius 2 is 2.24 bits per heavy atom. The smallest absolute Gasteiger partial charge is 0.254 e. The second-order valence-electron chi connectivity index (χ2n) is 6.45. The minimum absolute atomic E-state index is 0.105. The molecule has 0 bridgehead atoms. The van der Waals surface area contributed by atoms with E-state index in [2.05, 4.69) is 22.1 Å². The number of carbonyl (C=O) groups is 2. The maximum Gasteiger partial charge on any atom is 0.254 e. The van der Waals surface area contributed by atoms with Gasteiger partial charge in [0.1, 0.15) is 11.8 Å². The normalized spacial score (nSPS) is 17.4. The van der Waals surface area contributed by atoms with Crippen molar-refractivity contribution in [3.63, 3.8) is 0 Å². The van der Waals surface area contributed by atoms with Crippen LogP contribution >= 0.6 is 0 Å². The molecule has 1 aliphatic rings. The molecule has 2 N–H and O–H groups in total. The van der Waals surface area contributed by atoms with Gasteiger partial charge in [-0.3, -0.25) is 9.59 Å². The molecule has 0 spiro atoms. The first-order chi connectivity index (χ1) is 12.1. The van der Waals surface area contributed by atoms with Crippen molar-refractivity contribution in [2.24, 2.45) is 0 Å². The van der Waals surface area contributed by atoms with Gasteiger partial charge < -0.3 is 19.9 Å². The van der Waals surface area contributed by atoms with E-state index in [1.54, 1.807) is 7.11 Å². The van der Waals surface area contributed by atoms with Gasteiger partial charge in [-0.05, 0) is 44.4 Å². The molecule has 1 aliphatic heterocycles. The molecule has 25 heavy (non-hydrogen) atoms. The van der Waals surface area contributed by atoms with E-state index in [1.165, 1.54) is 0 Å². The van der Waals surface area contributed by atoms with Crippen molar-refractivity contribution >= 4 is 22.7 Å². The summed E-state index contributed by atoms with van der Waals surface area (Å²) in [6.07, 6.45) is 2.53. The second-order valence-corrected chi connectivity index (χ2v) is 6.45. The van der Waals surface area contributed by atoms with Crippen molar-refractivity contribution < 1.29 is 14.3 Å². The molecule has 2 amide bonds. The average Bonchev–Trinajstić information content (AvgIpc) is 2.88. The third-order valence-electron chi connectivity index (χ3n) is 4.80. The lowest BCUT2D eigenvalue weighted by Crippen LogP contribution is -2.50. The summed E-state index contributed by atoms with van der Waals surface area (Å²) in [6.45, 7) is 5.59. The second kappa shape index (κ2) is 7.17. The largest absolute Gasteiger partial charge is 0.497 e. The van der Waals surface area contributed by atoms with Gasteiger partial charge in [-0.25, -0.2) is 0 Å². The molecule has 2 heterocycles. The van der Waals surface area contributed by atoms with Crippen LogP contribution in [0.1, 0.15) is 42.2 Å². The van der Waals surface area contributed by atoms with Gasteiger partial charge in [-0.1, -0.05) is 6.92 Å². The standard InChI is InChI=1S/C19H25N3O3/c1-4-10-22-12(2)17(14-11-13(25-3)7-8-16(14)22)19(24)21-15-6-5-9-20-18(15)23/h7-8,11,15H,4-6,9-10H2,1-3H3,(H,20,23)(H,21,24). The summed E-state index contributed by atoms with van der Waals surface area (Å²) in [5, 5.41) is 6.57. The van der Waals surface area contributed by atoms with Crippen LogP contribution in [0, 0.1) is 6.92 Å². The number of hydrogen-bond donors (Lipinski definition) is 2. The van der Waals surface area contributed by atoms with Crippen molar-refractivity contribution in [1.29, 1.82) is 0 Å². The fourth-order valence-electron chi connectivity index (χ4n) is 3.53. The molecule has 3 rings (SSSR count). The van der Waals surface area contributed by atoms with E-state index in [0.717, 1.165) is 36.0 Å². The van der Waals surface area contributed by atoms with E-state index in [1.807, 2.05) is 25.1 Å². The van der Waals surface area contributed by atoms with Crippen LogP contribution in [-0.4, -0.2) is 36.1 Å². The highest BCUT2D eigenvalue weighted by atomic mass is 16.5. The van der Waals surface area contributed by atoms with Gasteiger partial charge in [0.2, 0.25) is 5.91 Å². The van der Waals surface area contributed by atoms with Crippen LogP contribution in [0.25, 0.3) is 10.9 Å². The number of amides is 2. The van der Waals surface area contributed by atoms with Crippen LogP contribution < -0.4 is 15.4 Å². The molecular weight excluding hydrogens is 318 g/mol. The number of aryl methyl sites for hydroxylation is 1. The lowest BCUT2D eigenvalue weighted by molar-refractivity contribution is -0.124. The van der Waals surface area contributed by atoms with Gasteiger partial charge in [0.05, 0.1) is 12.7 Å². The summed E-state index contributed by atoms with van der Waals surface area (Å²) in [5.41, 5.74) is 2.55. The Bertz CT molecular complexity index is 810. The number of methoxy groups -OCH3 is 1. The molecule has 134 valence electrons. The highest BCUT2D eigenvalue weighted by Gasteiger charge is 2.27. The Kier molecular flexibility index (Phi) is 4.97. The van der Waals surface area contributed by atoms with Crippen LogP contribution in [0.15, 0.2) is 18.2 Å². The molecule has 0 radical (unpaired) electrons. The fourth-order valence-corrected chi connectivity index (χ4v) is 3.53. The van der Waals surface area contributed by atoms with Crippen molar-refractivity contribution in [2.45, 2.75) is 45.7 Å². The summed E-state index contributed by atoms with van der Waals surface area (Å²) in [7, 11) is 1.61. The zero-order chi connectivity index (χ0) is 18.0. The molecule has 1 saturated heterocycles. The van der Waals surface area contributed by atoms with Gasteiger partial charge in [0, 0.05) is 29.7 Å². The SMILES string of the molecule is CCCn1c(C)c(C(=O)NC2CCCNC2=O)c2cc(OC)ccc21. The quantitative estimate of drug-likeness (QED) is 0.875. The molecule has 0 aliphatic carbocycles. The number of hydrogen-bond acceptors (Lipinski definition) is 3. The minimum Gasteiger partial charge on any atom is -0.497 e. The van der Waals surface area contributed by atoms with E-state index >= 15 is 0 Å². The topological polar surface area (TPSA) is 72.4 Å². The summed E-state index contributed by atoms with van der Waals surface area (Å²) < 4.78 is 7.49. The van der Waals surface area contributed by atoms with E-state index in [9.17, 15) is 9.59 Å². The number of rotatable bonds is 5.